The number of nitrogens with one attached hydrogen (secondary N) is 3. The third-order valence-corrected chi connectivity index (χ3v) is 5.62. The minimum absolute atomic E-state index is 0.0274. The Morgan fingerprint density at radius 1 is 1.24 bits per heavy atom. The molecule has 2 unspecified atom stereocenters. The van der Waals surface area contributed by atoms with Crippen LogP contribution in [0, 0.1) is 0 Å². The zero-order chi connectivity index (χ0) is 23.7. The first-order chi connectivity index (χ1) is 15.7. The van der Waals surface area contributed by atoms with Crippen molar-refractivity contribution < 1.29 is 24.6 Å². The smallest absolute Gasteiger partial charge is 0.278 e. The van der Waals surface area contributed by atoms with Gasteiger partial charge in [0.15, 0.2) is 5.82 Å². The Bertz CT molecular complexity index is 1150. The largest absolute Gasteiger partial charge is 0.550 e. The van der Waals surface area contributed by atoms with Crippen LogP contribution in [0.5, 0.6) is 0 Å². The van der Waals surface area contributed by atoms with E-state index in [2.05, 4.69) is 20.6 Å². The number of H-pyrrole nitrogens is 1. The SMILES string of the molecule is Nc1nc2c(c(=O)[nH]1)N1CN(c3ccc(C(=O)NC(CCC(=O)[O-])C(=O)[O-])cc3)CC1CN2. The summed E-state index contributed by atoms with van der Waals surface area (Å²) in [6, 6.07) is 5.07. The lowest BCUT2D eigenvalue weighted by atomic mass is 10.1. The Hall–Kier alpha value is -4.29. The van der Waals surface area contributed by atoms with Crippen molar-refractivity contribution in [2.45, 2.75) is 24.9 Å². The molecule has 1 fully saturated rings. The third kappa shape index (κ3) is 4.51. The number of rotatable bonds is 7. The lowest BCUT2D eigenvalue weighted by Crippen LogP contribution is -2.48. The molecule has 174 valence electrons. The number of carboxylic acids is 2. The van der Waals surface area contributed by atoms with E-state index in [-0.39, 0.29) is 29.5 Å². The Kier molecular flexibility index (Phi) is 5.77. The molecule has 1 aromatic carbocycles. The molecule has 3 heterocycles. The summed E-state index contributed by atoms with van der Waals surface area (Å²) in [7, 11) is 0. The highest BCUT2D eigenvalue weighted by molar-refractivity contribution is 5.96. The number of nitrogens with two attached hydrogens (primary N) is 1. The average Bonchev–Trinajstić information content (AvgIpc) is 3.20. The van der Waals surface area contributed by atoms with E-state index in [0.29, 0.717) is 31.3 Å². The van der Waals surface area contributed by atoms with E-state index in [4.69, 9.17) is 5.73 Å². The number of carbonyl (C=O) groups is 3. The molecule has 2 aliphatic heterocycles. The number of carboxylic acid groups (broad SMARTS) is 2. The minimum Gasteiger partial charge on any atom is -0.550 e. The van der Waals surface area contributed by atoms with Gasteiger partial charge in [0.05, 0.1) is 24.7 Å². The molecule has 0 radical (unpaired) electrons. The number of benzene rings is 1. The van der Waals surface area contributed by atoms with Gasteiger partial charge in [-0.3, -0.25) is 14.6 Å². The molecule has 13 nitrogen and oxygen atoms in total. The van der Waals surface area contributed by atoms with Crippen molar-refractivity contribution in [3.63, 3.8) is 0 Å². The number of nitrogens with zero attached hydrogens (tertiary/aromatic N) is 3. The number of hydrogen-bond donors (Lipinski definition) is 4. The predicted molar refractivity (Wildman–Crippen MR) is 113 cm³/mol. The first kappa shape index (κ1) is 21.9. The van der Waals surface area contributed by atoms with Crippen molar-refractivity contribution in [3.8, 4) is 0 Å². The maximum absolute atomic E-state index is 12.4. The van der Waals surface area contributed by atoms with E-state index in [1.165, 1.54) is 12.1 Å². The van der Waals surface area contributed by atoms with Crippen LogP contribution < -0.4 is 41.9 Å². The van der Waals surface area contributed by atoms with Crippen molar-refractivity contribution in [2.75, 3.05) is 40.6 Å². The van der Waals surface area contributed by atoms with Crippen LogP contribution in [-0.2, 0) is 9.59 Å². The number of amides is 1. The van der Waals surface area contributed by atoms with Crippen LogP contribution in [0.15, 0.2) is 29.1 Å². The van der Waals surface area contributed by atoms with Gasteiger partial charge in [-0.15, -0.1) is 0 Å². The second-order valence-corrected chi connectivity index (χ2v) is 7.82. The molecule has 0 spiro atoms. The molecule has 0 aliphatic carbocycles. The quantitative estimate of drug-likeness (QED) is 0.328. The van der Waals surface area contributed by atoms with Crippen LogP contribution in [0.1, 0.15) is 23.2 Å². The van der Waals surface area contributed by atoms with E-state index in [1.807, 2.05) is 9.80 Å². The van der Waals surface area contributed by atoms with Crippen LogP contribution in [0.4, 0.5) is 23.1 Å². The predicted octanol–water partition coefficient (Wildman–Crippen LogP) is -3.19. The molecule has 1 amide bonds. The van der Waals surface area contributed by atoms with E-state index in [0.717, 1.165) is 5.69 Å². The molecule has 2 atom stereocenters. The van der Waals surface area contributed by atoms with Crippen molar-refractivity contribution in [3.05, 3.63) is 40.2 Å². The fraction of sp³-hybridized carbons (Fsp3) is 0.350. The van der Waals surface area contributed by atoms with Gasteiger partial charge in [0.25, 0.3) is 11.5 Å². The van der Waals surface area contributed by atoms with Gasteiger partial charge in [-0.2, -0.15) is 4.98 Å². The van der Waals surface area contributed by atoms with Gasteiger partial charge in [0, 0.05) is 30.3 Å². The van der Waals surface area contributed by atoms with E-state index in [9.17, 15) is 29.4 Å². The summed E-state index contributed by atoms with van der Waals surface area (Å²) >= 11 is 0. The molecular formula is C20H21N7O6-2. The third-order valence-electron chi connectivity index (χ3n) is 5.62. The summed E-state index contributed by atoms with van der Waals surface area (Å²) in [5.74, 6) is -3.19. The lowest BCUT2D eigenvalue weighted by molar-refractivity contribution is -0.309. The summed E-state index contributed by atoms with van der Waals surface area (Å²) in [6.07, 6.45) is -0.859. The van der Waals surface area contributed by atoms with Gasteiger partial charge in [-0.25, -0.2) is 0 Å². The molecule has 13 heteroatoms. The number of aromatic nitrogens is 2. The van der Waals surface area contributed by atoms with E-state index >= 15 is 0 Å². The fourth-order valence-corrected chi connectivity index (χ4v) is 3.99. The van der Waals surface area contributed by atoms with E-state index in [1.54, 1.807) is 12.1 Å². The van der Waals surface area contributed by atoms with Crippen LogP contribution >= 0.6 is 0 Å². The molecular weight excluding hydrogens is 434 g/mol. The van der Waals surface area contributed by atoms with Gasteiger partial charge < -0.3 is 46.0 Å². The molecule has 1 saturated heterocycles. The van der Waals surface area contributed by atoms with E-state index < -0.39 is 30.3 Å². The number of nitrogen functional groups attached to an aromatic ring is 1. The number of aliphatic carboxylic acids is 2. The molecule has 0 saturated carbocycles. The summed E-state index contributed by atoms with van der Waals surface area (Å²) in [4.78, 5) is 57.2. The zero-order valence-corrected chi connectivity index (χ0v) is 17.4. The van der Waals surface area contributed by atoms with Crippen molar-refractivity contribution in [1.82, 2.24) is 15.3 Å². The van der Waals surface area contributed by atoms with Gasteiger partial charge in [0.2, 0.25) is 5.95 Å². The first-order valence-electron chi connectivity index (χ1n) is 10.2. The maximum Gasteiger partial charge on any atom is 0.278 e. The Balaban J connectivity index is 1.45. The number of hydrogen-bond acceptors (Lipinski definition) is 11. The second kappa shape index (κ2) is 8.68. The highest BCUT2D eigenvalue weighted by atomic mass is 16.4. The van der Waals surface area contributed by atoms with Gasteiger partial charge in [-0.05, 0) is 37.1 Å². The van der Waals surface area contributed by atoms with Gasteiger partial charge in [0.1, 0.15) is 5.69 Å². The number of anilines is 4. The highest BCUT2D eigenvalue weighted by Gasteiger charge is 2.37. The summed E-state index contributed by atoms with van der Waals surface area (Å²) in [5, 5.41) is 27.1. The van der Waals surface area contributed by atoms with Crippen LogP contribution in [0.2, 0.25) is 0 Å². The van der Waals surface area contributed by atoms with Crippen molar-refractivity contribution in [1.29, 1.82) is 0 Å². The molecule has 1 aromatic heterocycles. The minimum atomic E-state index is -1.57. The molecule has 4 rings (SSSR count). The Morgan fingerprint density at radius 2 is 1.97 bits per heavy atom. The lowest BCUT2D eigenvalue weighted by Gasteiger charge is -2.31. The summed E-state index contributed by atoms with van der Waals surface area (Å²) < 4.78 is 0. The molecule has 0 bridgehead atoms. The molecule has 5 N–H and O–H groups in total. The van der Waals surface area contributed by atoms with Crippen molar-refractivity contribution in [2.24, 2.45) is 0 Å². The van der Waals surface area contributed by atoms with Crippen molar-refractivity contribution >= 4 is 41.0 Å². The monoisotopic (exact) mass is 455 g/mol. The molecule has 33 heavy (non-hydrogen) atoms. The topological polar surface area (TPSA) is 200 Å². The second-order valence-electron chi connectivity index (χ2n) is 7.82. The fourth-order valence-electron chi connectivity index (χ4n) is 3.99. The summed E-state index contributed by atoms with van der Waals surface area (Å²) in [5.41, 5.74) is 6.72. The normalized spacial score (nSPS) is 17.5. The van der Waals surface area contributed by atoms with Crippen LogP contribution in [-0.4, -0.2) is 59.7 Å². The number of aromatic amines is 1. The van der Waals surface area contributed by atoms with Crippen LogP contribution in [0.25, 0.3) is 0 Å². The standard InChI is InChI=1S/C20H23N7O6/c21-20-24-16-15(18(31)25-20)27-9-26(8-12(27)7-22-16)11-3-1-10(2-4-11)17(30)23-13(19(32)33)5-6-14(28)29/h1-4,12-13H,5-9H2,(H,23,30)(H,28,29)(H,32,33)(H4,21,22,24,25,31)/p-2. The maximum atomic E-state index is 12.4. The molecule has 2 aromatic rings. The number of fused-ring (bicyclic) bond motifs is 3. The zero-order valence-electron chi connectivity index (χ0n) is 17.4. The van der Waals surface area contributed by atoms with Gasteiger partial charge >= 0.3 is 0 Å². The van der Waals surface area contributed by atoms with Gasteiger partial charge in [-0.1, -0.05) is 0 Å². The molecule has 2 aliphatic rings. The van der Waals surface area contributed by atoms with Crippen LogP contribution in [0.3, 0.4) is 0 Å². The first-order valence-corrected chi connectivity index (χ1v) is 10.2. The Labute approximate surface area is 187 Å². The highest BCUT2D eigenvalue weighted by Crippen LogP contribution is 2.32. The average molecular weight is 455 g/mol. The Morgan fingerprint density at radius 3 is 2.64 bits per heavy atom. The number of carbonyl (C=O) groups excluding carboxylic acids is 3. The summed E-state index contributed by atoms with van der Waals surface area (Å²) in [6.45, 7) is 1.63.